The Morgan fingerprint density at radius 1 is 1.00 bits per heavy atom. The fourth-order valence-corrected chi connectivity index (χ4v) is 4.34. The lowest BCUT2D eigenvalue weighted by Gasteiger charge is -2.20. The molecule has 1 heterocycles. The zero-order valence-electron chi connectivity index (χ0n) is 20.2. The third-order valence-corrected chi connectivity index (χ3v) is 6.33. The number of amides is 1. The standard InChI is InChI=1S/C25H30F2N4O2S/c1-14(2)18-7-10-20(11-8-18)33-16(5)23-29-30-25(31(23)15(3)4)34-17(6)24(32)28-22-12-9-19(26)13-21(22)27/h7-17H,1-6H3,(H,28,32). The SMILES string of the molecule is CC(Sc1nnc(C(C)Oc2ccc(C(C)C)cc2)n1C(C)C)C(=O)Nc1ccc(F)cc1F. The van der Waals surface area contributed by atoms with Gasteiger partial charge in [0.1, 0.15) is 17.4 Å². The average Bonchev–Trinajstić information content (AvgIpc) is 3.20. The highest BCUT2D eigenvalue weighted by Gasteiger charge is 2.25. The second kappa shape index (κ2) is 11.0. The smallest absolute Gasteiger partial charge is 0.237 e. The molecule has 6 nitrogen and oxygen atoms in total. The number of thioether (sulfide) groups is 1. The summed E-state index contributed by atoms with van der Waals surface area (Å²) in [7, 11) is 0. The van der Waals surface area contributed by atoms with Crippen LogP contribution < -0.4 is 10.1 Å². The molecule has 3 aromatic rings. The van der Waals surface area contributed by atoms with Crippen molar-refractivity contribution < 1.29 is 18.3 Å². The Bertz CT molecular complexity index is 1130. The van der Waals surface area contributed by atoms with Crippen molar-refractivity contribution in [3.8, 4) is 5.75 Å². The molecule has 3 rings (SSSR count). The van der Waals surface area contributed by atoms with Crippen molar-refractivity contribution in [1.29, 1.82) is 0 Å². The Morgan fingerprint density at radius 2 is 1.68 bits per heavy atom. The first-order valence-electron chi connectivity index (χ1n) is 11.2. The number of anilines is 1. The second-order valence-electron chi connectivity index (χ2n) is 8.66. The highest BCUT2D eigenvalue weighted by molar-refractivity contribution is 8.00. The highest BCUT2D eigenvalue weighted by Crippen LogP contribution is 2.30. The maximum Gasteiger partial charge on any atom is 0.237 e. The molecule has 0 spiro atoms. The fourth-order valence-electron chi connectivity index (χ4n) is 3.36. The van der Waals surface area contributed by atoms with Crippen LogP contribution in [-0.2, 0) is 4.79 Å². The van der Waals surface area contributed by atoms with Crippen LogP contribution in [0.3, 0.4) is 0 Å². The Labute approximate surface area is 203 Å². The van der Waals surface area contributed by atoms with Gasteiger partial charge in [0.25, 0.3) is 0 Å². The van der Waals surface area contributed by atoms with E-state index in [-0.39, 0.29) is 17.8 Å². The zero-order valence-corrected chi connectivity index (χ0v) is 21.0. The van der Waals surface area contributed by atoms with Crippen LogP contribution in [0, 0.1) is 11.6 Å². The van der Waals surface area contributed by atoms with E-state index in [1.165, 1.54) is 23.4 Å². The van der Waals surface area contributed by atoms with Crippen LogP contribution in [0.1, 0.15) is 71.0 Å². The van der Waals surface area contributed by atoms with Gasteiger partial charge in [-0.05, 0) is 63.4 Å². The lowest BCUT2D eigenvalue weighted by molar-refractivity contribution is -0.115. The molecule has 0 aliphatic heterocycles. The van der Waals surface area contributed by atoms with Gasteiger partial charge >= 0.3 is 0 Å². The van der Waals surface area contributed by atoms with E-state index in [2.05, 4.69) is 29.4 Å². The summed E-state index contributed by atoms with van der Waals surface area (Å²) >= 11 is 1.21. The van der Waals surface area contributed by atoms with Crippen molar-refractivity contribution in [2.24, 2.45) is 0 Å². The molecule has 0 aliphatic rings. The summed E-state index contributed by atoms with van der Waals surface area (Å²) in [6.07, 6.45) is -0.369. The van der Waals surface area contributed by atoms with E-state index in [1.807, 2.05) is 49.6 Å². The van der Waals surface area contributed by atoms with Crippen molar-refractivity contribution in [2.75, 3.05) is 5.32 Å². The Morgan fingerprint density at radius 3 is 2.26 bits per heavy atom. The summed E-state index contributed by atoms with van der Waals surface area (Å²) in [5.74, 6) is -0.145. The van der Waals surface area contributed by atoms with Crippen LogP contribution in [0.5, 0.6) is 5.75 Å². The molecule has 2 aromatic carbocycles. The van der Waals surface area contributed by atoms with Gasteiger partial charge < -0.3 is 14.6 Å². The topological polar surface area (TPSA) is 69.0 Å². The predicted octanol–water partition coefficient (Wildman–Crippen LogP) is 6.52. The van der Waals surface area contributed by atoms with E-state index >= 15 is 0 Å². The lowest BCUT2D eigenvalue weighted by Crippen LogP contribution is -2.24. The minimum Gasteiger partial charge on any atom is -0.483 e. The van der Waals surface area contributed by atoms with E-state index in [0.717, 1.165) is 17.9 Å². The lowest BCUT2D eigenvalue weighted by atomic mass is 10.0. The second-order valence-corrected chi connectivity index (χ2v) is 9.97. The summed E-state index contributed by atoms with van der Waals surface area (Å²) in [6.45, 7) is 11.9. The molecule has 34 heavy (non-hydrogen) atoms. The van der Waals surface area contributed by atoms with Gasteiger partial charge in [-0.25, -0.2) is 8.78 Å². The van der Waals surface area contributed by atoms with Gasteiger partial charge in [0, 0.05) is 12.1 Å². The molecule has 9 heteroatoms. The molecule has 2 unspecified atom stereocenters. The molecule has 0 fully saturated rings. The molecular formula is C25H30F2N4O2S. The van der Waals surface area contributed by atoms with Gasteiger partial charge in [-0.2, -0.15) is 0 Å². The zero-order chi connectivity index (χ0) is 25.0. The molecule has 0 saturated carbocycles. The number of nitrogens with one attached hydrogen (secondary N) is 1. The van der Waals surface area contributed by atoms with Crippen LogP contribution in [-0.4, -0.2) is 25.9 Å². The van der Waals surface area contributed by atoms with E-state index in [1.54, 1.807) is 6.92 Å². The monoisotopic (exact) mass is 488 g/mol. The molecule has 0 aliphatic carbocycles. The first kappa shape index (κ1) is 25.7. The maximum absolute atomic E-state index is 13.9. The van der Waals surface area contributed by atoms with Gasteiger partial charge in [0.2, 0.25) is 5.91 Å². The average molecular weight is 489 g/mol. The first-order chi connectivity index (χ1) is 16.1. The molecule has 0 bridgehead atoms. The molecule has 1 amide bonds. The summed E-state index contributed by atoms with van der Waals surface area (Å²) < 4.78 is 35.1. The summed E-state index contributed by atoms with van der Waals surface area (Å²) in [6, 6.07) is 11.0. The molecular weight excluding hydrogens is 458 g/mol. The molecule has 0 saturated heterocycles. The van der Waals surface area contributed by atoms with Gasteiger partial charge in [-0.1, -0.05) is 37.7 Å². The number of carbonyl (C=O) groups excluding carboxylic acids is 1. The minimum atomic E-state index is -0.828. The predicted molar refractivity (Wildman–Crippen MR) is 130 cm³/mol. The van der Waals surface area contributed by atoms with Gasteiger partial charge in [0.15, 0.2) is 17.1 Å². The molecule has 2 atom stereocenters. The first-order valence-corrected chi connectivity index (χ1v) is 12.1. The van der Waals surface area contributed by atoms with E-state index < -0.39 is 22.8 Å². The third-order valence-electron chi connectivity index (χ3n) is 5.27. The number of hydrogen-bond donors (Lipinski definition) is 1. The Kier molecular flexibility index (Phi) is 8.30. The van der Waals surface area contributed by atoms with E-state index in [4.69, 9.17) is 4.74 Å². The number of carbonyl (C=O) groups is 1. The van der Waals surface area contributed by atoms with Crippen molar-refractivity contribution in [3.05, 3.63) is 65.5 Å². The Hall–Kier alpha value is -2.94. The maximum atomic E-state index is 13.9. The molecule has 182 valence electrons. The van der Waals surface area contributed by atoms with Crippen molar-refractivity contribution in [2.45, 2.75) is 70.0 Å². The van der Waals surface area contributed by atoms with Crippen LogP contribution in [0.15, 0.2) is 47.6 Å². The number of nitrogens with zero attached hydrogens (tertiary/aromatic N) is 3. The van der Waals surface area contributed by atoms with E-state index in [0.29, 0.717) is 16.9 Å². The molecule has 0 radical (unpaired) electrons. The van der Waals surface area contributed by atoms with Crippen LogP contribution in [0.4, 0.5) is 14.5 Å². The van der Waals surface area contributed by atoms with Crippen molar-refractivity contribution >= 4 is 23.4 Å². The van der Waals surface area contributed by atoms with Crippen LogP contribution >= 0.6 is 11.8 Å². The number of ether oxygens (including phenoxy) is 1. The van der Waals surface area contributed by atoms with Crippen LogP contribution in [0.2, 0.25) is 0 Å². The highest BCUT2D eigenvalue weighted by atomic mass is 32.2. The largest absolute Gasteiger partial charge is 0.483 e. The fraction of sp³-hybridized carbons (Fsp3) is 0.400. The van der Waals surface area contributed by atoms with Gasteiger partial charge in [-0.3, -0.25) is 4.79 Å². The normalized spacial score (nSPS) is 13.2. The summed E-state index contributed by atoms with van der Waals surface area (Å²) in [5, 5.41) is 11.1. The summed E-state index contributed by atoms with van der Waals surface area (Å²) in [5.41, 5.74) is 1.16. The van der Waals surface area contributed by atoms with Gasteiger partial charge in [0.05, 0.1) is 10.9 Å². The molecule has 1 aromatic heterocycles. The van der Waals surface area contributed by atoms with Crippen molar-refractivity contribution in [3.63, 3.8) is 0 Å². The minimum absolute atomic E-state index is 0.0201. The summed E-state index contributed by atoms with van der Waals surface area (Å²) in [4.78, 5) is 12.6. The number of rotatable bonds is 9. The third kappa shape index (κ3) is 6.14. The quantitative estimate of drug-likeness (QED) is 0.347. The van der Waals surface area contributed by atoms with Crippen LogP contribution in [0.25, 0.3) is 0 Å². The van der Waals surface area contributed by atoms with Crippen molar-refractivity contribution in [1.82, 2.24) is 14.8 Å². The number of hydrogen-bond acceptors (Lipinski definition) is 5. The Balaban J connectivity index is 1.73. The van der Waals surface area contributed by atoms with E-state index in [9.17, 15) is 13.6 Å². The number of aromatic nitrogens is 3. The number of benzene rings is 2. The van der Waals surface area contributed by atoms with Gasteiger partial charge in [-0.15, -0.1) is 10.2 Å². The molecule has 1 N–H and O–H groups in total. The number of halogens is 2.